The van der Waals surface area contributed by atoms with Gasteiger partial charge in [0.15, 0.2) is 16.6 Å². The van der Waals surface area contributed by atoms with Gasteiger partial charge < -0.3 is 45.6 Å². The number of nitrogens with zero attached hydrogens (tertiary/aromatic N) is 6. The molecule has 27 heteroatoms. The number of unbranched alkanes of at least 4 members (excludes halogenated alkanes) is 2. The maximum atomic E-state index is 14.0. The highest BCUT2D eigenvalue weighted by Gasteiger charge is 2.66. The van der Waals surface area contributed by atoms with Crippen LogP contribution in [0.1, 0.15) is 155 Å². The summed E-state index contributed by atoms with van der Waals surface area (Å²) < 4.78 is 27.9. The second-order valence-corrected chi connectivity index (χ2v) is 32.7. The predicted molar refractivity (Wildman–Crippen MR) is 392 cm³/mol. The van der Waals surface area contributed by atoms with Gasteiger partial charge in [-0.25, -0.2) is 24.4 Å². The molecule has 4 aromatic carbocycles. The first-order chi connectivity index (χ1) is 49.5. The summed E-state index contributed by atoms with van der Waals surface area (Å²) in [5.41, 5.74) is 9.41. The van der Waals surface area contributed by atoms with E-state index in [0.29, 0.717) is 88.2 Å². The molecule has 4 fully saturated rings. The number of primary amides is 1. The molecule has 1 aliphatic heterocycles. The third-order valence-electron chi connectivity index (χ3n) is 20.7. The predicted octanol–water partition coefficient (Wildman–Crippen LogP) is 11.7. The van der Waals surface area contributed by atoms with Crippen molar-refractivity contribution in [3.8, 4) is 22.4 Å². The molecule has 550 valence electrons. The molecule has 0 saturated heterocycles. The van der Waals surface area contributed by atoms with Crippen LogP contribution in [0.4, 0.5) is 14.7 Å². The van der Waals surface area contributed by atoms with E-state index < -0.39 is 55.3 Å². The molecular formula is C77H91N10O15PS. The number of amides is 7. The smallest absolute Gasteiger partial charge is 0.410 e. The summed E-state index contributed by atoms with van der Waals surface area (Å²) in [6.45, 7) is 11.2. The number of fused-ring (bicyclic) bond motifs is 2. The summed E-state index contributed by atoms with van der Waals surface area (Å²) in [5, 5.41) is 26.0. The number of carboxylic acid groups (broad SMARTS) is 1. The van der Waals surface area contributed by atoms with Crippen molar-refractivity contribution < 1.29 is 72.1 Å². The molecule has 4 bridgehead atoms. The third kappa shape index (κ3) is 18.6. The van der Waals surface area contributed by atoms with Gasteiger partial charge in [0.25, 0.3) is 17.7 Å². The average Bonchev–Trinajstić information content (AvgIpc) is 0.716. The van der Waals surface area contributed by atoms with Gasteiger partial charge in [-0.15, -0.1) is 0 Å². The van der Waals surface area contributed by atoms with Crippen molar-refractivity contribution in [2.24, 2.45) is 33.8 Å². The number of ether oxygens (including phenoxy) is 2. The number of carbonyl (C=O) groups excluding carboxylic acids is 8. The fraction of sp³-hybridized carbons (Fsp3) is 0.455. The molecule has 0 radical (unpaired) electrons. The van der Waals surface area contributed by atoms with Crippen molar-refractivity contribution in [1.29, 1.82) is 0 Å². The Labute approximate surface area is 607 Å². The van der Waals surface area contributed by atoms with Crippen LogP contribution < -0.4 is 21.7 Å². The summed E-state index contributed by atoms with van der Waals surface area (Å²) in [5.74, 6) is -4.12. The van der Waals surface area contributed by atoms with Crippen molar-refractivity contribution >= 4 is 98.3 Å². The Balaban J connectivity index is 0.710. The second kappa shape index (κ2) is 32.0. The van der Waals surface area contributed by atoms with Gasteiger partial charge in [-0.3, -0.25) is 48.2 Å². The van der Waals surface area contributed by atoms with E-state index in [9.17, 15) is 62.6 Å². The Morgan fingerprint density at radius 3 is 2.23 bits per heavy atom. The highest BCUT2D eigenvalue weighted by molar-refractivity contribution is 7.51. The number of imide groups is 1. The lowest BCUT2D eigenvalue weighted by molar-refractivity contribution is -0.248. The number of aromatic nitrogens is 4. The van der Waals surface area contributed by atoms with Gasteiger partial charge in [-0.1, -0.05) is 106 Å². The number of pyridine rings is 1. The molecule has 7 amide bonds. The van der Waals surface area contributed by atoms with E-state index in [2.05, 4.69) is 34.8 Å². The number of hydrogen-bond acceptors (Lipinski definition) is 16. The molecule has 104 heavy (non-hydrogen) atoms. The molecule has 7 aromatic rings. The van der Waals surface area contributed by atoms with Crippen LogP contribution in [0.3, 0.4) is 0 Å². The fourth-order valence-electron chi connectivity index (χ4n) is 17.0. The lowest BCUT2D eigenvalue weighted by Crippen LogP contribution is -2.64. The zero-order valence-corrected chi connectivity index (χ0v) is 61.0. The summed E-state index contributed by atoms with van der Waals surface area (Å²) in [4.78, 5) is 149. The van der Waals surface area contributed by atoms with Crippen LogP contribution in [0.5, 0.6) is 0 Å². The second-order valence-electron chi connectivity index (χ2n) is 29.9. The molecule has 5 aliphatic rings. The van der Waals surface area contributed by atoms with Crippen LogP contribution in [-0.2, 0) is 57.6 Å². The third-order valence-corrected chi connectivity index (χ3v) is 22.6. The summed E-state index contributed by atoms with van der Waals surface area (Å²) in [6.07, 6.45) is 10.4. The van der Waals surface area contributed by atoms with Crippen LogP contribution in [-0.4, -0.2) is 148 Å². The fourth-order valence-corrected chi connectivity index (χ4v) is 18.4. The number of urea groups is 1. The minimum absolute atomic E-state index is 0.0000124. The van der Waals surface area contributed by atoms with E-state index >= 15 is 0 Å². The highest BCUT2D eigenvalue weighted by Crippen LogP contribution is 2.72. The normalized spacial score (nSPS) is 20.3. The number of thiazole rings is 1. The quantitative estimate of drug-likeness (QED) is 0.0110. The lowest BCUT2D eigenvalue weighted by atomic mass is 9.39. The molecule has 4 aliphatic carbocycles. The maximum absolute atomic E-state index is 14.0. The summed E-state index contributed by atoms with van der Waals surface area (Å²) >= 11 is 1.38. The van der Waals surface area contributed by atoms with Crippen LogP contribution in [0.2, 0.25) is 0 Å². The average molecular weight is 1460 g/mol. The number of aromatic carboxylic acids is 1. The number of benzene rings is 4. The molecule has 4 saturated carbocycles. The first-order valence-electron chi connectivity index (χ1n) is 35.5. The summed E-state index contributed by atoms with van der Waals surface area (Å²) in [6, 6.07) is 27.4. The van der Waals surface area contributed by atoms with Crippen molar-refractivity contribution in [2.75, 3.05) is 44.3 Å². The lowest BCUT2D eigenvalue weighted by Gasteiger charge is -2.69. The topological polar surface area (TPSA) is 362 Å². The minimum Gasteiger partial charge on any atom is -0.476 e. The molecule has 25 nitrogen and oxygen atoms in total. The van der Waals surface area contributed by atoms with Gasteiger partial charge in [0.05, 0.1) is 46.5 Å². The Kier molecular flexibility index (Phi) is 23.3. The number of hydrogen-bond donors (Lipinski definition) is 7. The van der Waals surface area contributed by atoms with E-state index in [0.717, 1.165) is 58.3 Å². The van der Waals surface area contributed by atoms with E-state index in [1.165, 1.54) is 28.4 Å². The van der Waals surface area contributed by atoms with Crippen molar-refractivity contribution in [1.82, 2.24) is 40.2 Å². The Morgan fingerprint density at radius 1 is 0.798 bits per heavy atom. The van der Waals surface area contributed by atoms with Crippen LogP contribution in [0.25, 0.3) is 43.4 Å². The van der Waals surface area contributed by atoms with Gasteiger partial charge in [0, 0.05) is 98.0 Å². The molecule has 4 atom stereocenters. The number of carbonyl (C=O) groups is 9. The summed E-state index contributed by atoms with van der Waals surface area (Å²) in [7, 11) is -4.41. The molecule has 0 spiro atoms. The van der Waals surface area contributed by atoms with Crippen LogP contribution in [0, 0.1) is 35.0 Å². The van der Waals surface area contributed by atoms with Gasteiger partial charge in [-0.2, -0.15) is 5.10 Å². The molecular weight excluding hydrogens is 1370 g/mol. The number of anilines is 1. The molecule has 3 aromatic heterocycles. The van der Waals surface area contributed by atoms with E-state index in [1.54, 1.807) is 48.7 Å². The highest BCUT2D eigenvalue weighted by atomic mass is 32.1. The zero-order valence-electron chi connectivity index (χ0n) is 59.3. The number of nitrogens with one attached hydrogen (secondary N) is 3. The van der Waals surface area contributed by atoms with Crippen molar-refractivity contribution in [2.45, 2.75) is 156 Å². The van der Waals surface area contributed by atoms with Gasteiger partial charge in [-0.05, 0) is 158 Å². The standard InChI is InChI=1S/C77H91N10O15PS/c1-48(2)57(38-54(88)15-7-6-10-32-86-65(90)28-29-66(86)91)69(93)82-61(18-12-30-79-71(78)96)63(89)36-50-20-22-51(23-21-50)40-101-73(97)85(31-13-35-103(98,99)100)33-34-102-77-44-74(4)41-75(5,45-77)43-76(42-74,46-77)47-87-49(3)59(39-80-87)55-26-27-60(81-67(55)70(94)95)53-25-24-52-14-11-16-56(58(52)37-53)68(92)84-72-83-62-17-8-9-19-64(62)104-72/h8-9,11,14,16-17,19-29,37,39,48,57,61H,6-7,10,12-13,15,18,30-36,38,40-47H2,1-5H3,(H,82,93)(H,94,95)(H3,78,79,96)(H,83,84,92)(H2,98,99,100)/t57-,61-,74?,75?,76?,77?/m0/s1. The van der Waals surface area contributed by atoms with Crippen LogP contribution in [0.15, 0.2) is 115 Å². The monoisotopic (exact) mass is 1460 g/mol. The van der Waals surface area contributed by atoms with Gasteiger partial charge in [0.2, 0.25) is 5.91 Å². The SMILES string of the molecule is Cc1c(-c2ccc(-c3ccc4cccc(C(=O)Nc5nc6ccccc6s5)c4c3)nc2C(=O)O)cnn1CC12CC3(C)CC(C)(C1)CC(OCCN(CCCP(=O)(O)O)C(=O)OCc1ccc(CC(=O)[C@H](CCCNC(N)=O)NC(=O)[C@@H](CC(=O)CCCCCN4C(=O)C=CC4=O)C(C)C)cc1)(C3)C2. The van der Waals surface area contributed by atoms with Crippen LogP contribution >= 0.6 is 18.9 Å². The molecule has 8 N–H and O–H groups in total. The first-order valence-corrected chi connectivity index (χ1v) is 38.1. The number of carboxylic acids is 1. The van der Waals surface area contributed by atoms with E-state index in [-0.39, 0.29) is 129 Å². The van der Waals surface area contributed by atoms with E-state index in [1.807, 2.05) is 80.1 Å². The zero-order chi connectivity index (χ0) is 74.3. The Hall–Kier alpha value is -9.33. The van der Waals surface area contributed by atoms with Gasteiger partial charge in [0.1, 0.15) is 12.4 Å². The number of nitrogens with two attached hydrogens (primary N) is 1. The number of Topliss-reactive ketones (excluding diaryl/α,β-unsaturated/α-hetero) is 2. The number of para-hydroxylation sites is 1. The number of rotatable bonds is 35. The molecule has 4 heterocycles. The molecule has 12 rings (SSSR count). The largest absolute Gasteiger partial charge is 0.476 e. The van der Waals surface area contributed by atoms with Crippen molar-refractivity contribution in [3.63, 3.8) is 0 Å². The molecule has 2 unspecified atom stereocenters. The van der Waals surface area contributed by atoms with Gasteiger partial charge >= 0.3 is 25.7 Å². The first kappa shape index (κ1) is 75.8. The van der Waals surface area contributed by atoms with Crippen molar-refractivity contribution in [3.05, 3.63) is 143 Å². The Bertz CT molecular complexity index is 4460. The van der Waals surface area contributed by atoms with E-state index in [4.69, 9.17) is 25.3 Å². The number of ketones is 2. The maximum Gasteiger partial charge on any atom is 0.410 e. The Morgan fingerprint density at radius 2 is 1.53 bits per heavy atom. The minimum atomic E-state index is -4.41.